The summed E-state index contributed by atoms with van der Waals surface area (Å²) in [6.07, 6.45) is 0. The molecule has 3 N–H and O–H groups in total. The number of hydrogen-bond acceptors (Lipinski definition) is 4. The van der Waals surface area contributed by atoms with Crippen molar-refractivity contribution < 1.29 is 4.74 Å². The quantitative estimate of drug-likeness (QED) is 0.822. The molecule has 0 bridgehead atoms. The molecule has 2 aromatic carbocycles. The molecule has 0 amide bonds. The predicted octanol–water partition coefficient (Wildman–Crippen LogP) is 2.76. The van der Waals surface area contributed by atoms with Crippen LogP contribution in [-0.2, 0) is 6.54 Å². The molecule has 0 atom stereocenters. The van der Waals surface area contributed by atoms with Crippen LogP contribution >= 0.6 is 0 Å². The Morgan fingerprint density at radius 3 is 2.58 bits per heavy atom. The SMILES string of the molecule is COc1ccc(N)c(NCc2ccc(C#N)cc2)c1. The molecule has 0 aliphatic heterocycles. The van der Waals surface area contributed by atoms with Gasteiger partial charge in [-0.05, 0) is 29.8 Å². The lowest BCUT2D eigenvalue weighted by atomic mass is 10.1. The molecule has 0 aliphatic carbocycles. The van der Waals surface area contributed by atoms with Crippen LogP contribution in [0.4, 0.5) is 11.4 Å². The highest BCUT2D eigenvalue weighted by Gasteiger charge is 2.01. The van der Waals surface area contributed by atoms with Crippen molar-refractivity contribution in [3.05, 3.63) is 53.6 Å². The highest BCUT2D eigenvalue weighted by atomic mass is 16.5. The zero-order valence-corrected chi connectivity index (χ0v) is 10.7. The van der Waals surface area contributed by atoms with Gasteiger partial charge in [0.2, 0.25) is 0 Å². The number of hydrogen-bond donors (Lipinski definition) is 2. The Morgan fingerprint density at radius 2 is 1.95 bits per heavy atom. The van der Waals surface area contributed by atoms with Gasteiger partial charge in [0.25, 0.3) is 0 Å². The molecule has 0 aliphatic rings. The largest absolute Gasteiger partial charge is 0.497 e. The molecule has 2 aromatic rings. The second-order valence-electron chi connectivity index (χ2n) is 4.12. The van der Waals surface area contributed by atoms with E-state index in [0.717, 1.165) is 17.0 Å². The molecule has 0 unspecified atom stereocenters. The first-order valence-electron chi connectivity index (χ1n) is 5.89. The van der Waals surface area contributed by atoms with Crippen LogP contribution in [0.25, 0.3) is 0 Å². The summed E-state index contributed by atoms with van der Waals surface area (Å²) < 4.78 is 5.16. The fourth-order valence-corrected chi connectivity index (χ4v) is 1.71. The van der Waals surface area contributed by atoms with E-state index >= 15 is 0 Å². The number of nitriles is 1. The number of anilines is 2. The topological polar surface area (TPSA) is 71.1 Å². The number of ether oxygens (including phenoxy) is 1. The van der Waals surface area contributed by atoms with E-state index in [4.69, 9.17) is 15.7 Å². The van der Waals surface area contributed by atoms with Crippen LogP contribution in [0.2, 0.25) is 0 Å². The Balaban J connectivity index is 2.07. The smallest absolute Gasteiger partial charge is 0.121 e. The van der Waals surface area contributed by atoms with Crippen LogP contribution in [0.15, 0.2) is 42.5 Å². The van der Waals surface area contributed by atoms with Gasteiger partial charge < -0.3 is 15.8 Å². The number of nitrogen functional groups attached to an aromatic ring is 1. The van der Waals surface area contributed by atoms with Crippen LogP contribution in [0.3, 0.4) is 0 Å². The zero-order valence-electron chi connectivity index (χ0n) is 10.7. The molecule has 0 spiro atoms. The van der Waals surface area contributed by atoms with Gasteiger partial charge in [-0.15, -0.1) is 0 Å². The molecule has 0 fully saturated rings. The zero-order chi connectivity index (χ0) is 13.7. The van der Waals surface area contributed by atoms with Crippen molar-refractivity contribution in [3.63, 3.8) is 0 Å². The fourth-order valence-electron chi connectivity index (χ4n) is 1.71. The van der Waals surface area contributed by atoms with Crippen LogP contribution in [0, 0.1) is 11.3 Å². The lowest BCUT2D eigenvalue weighted by molar-refractivity contribution is 0.415. The molecule has 0 saturated carbocycles. The van der Waals surface area contributed by atoms with E-state index in [2.05, 4.69) is 11.4 Å². The van der Waals surface area contributed by atoms with Gasteiger partial charge in [-0.2, -0.15) is 5.26 Å². The molecule has 19 heavy (non-hydrogen) atoms. The van der Waals surface area contributed by atoms with E-state index < -0.39 is 0 Å². The van der Waals surface area contributed by atoms with Gasteiger partial charge in [-0.3, -0.25) is 0 Å². The highest BCUT2D eigenvalue weighted by molar-refractivity contribution is 5.68. The standard InChI is InChI=1S/C15H15N3O/c1-19-13-6-7-14(17)15(8-13)18-10-12-4-2-11(9-16)3-5-12/h2-8,18H,10,17H2,1H3. The minimum absolute atomic E-state index is 0.642. The summed E-state index contributed by atoms with van der Waals surface area (Å²) in [4.78, 5) is 0. The molecule has 0 aromatic heterocycles. The monoisotopic (exact) mass is 253 g/mol. The van der Waals surface area contributed by atoms with Crippen LogP contribution in [0.5, 0.6) is 5.75 Å². The van der Waals surface area contributed by atoms with Crippen molar-refractivity contribution in [3.8, 4) is 11.8 Å². The van der Waals surface area contributed by atoms with Crippen molar-refractivity contribution in [2.45, 2.75) is 6.54 Å². The normalized spacial score (nSPS) is 9.68. The van der Waals surface area contributed by atoms with Crippen molar-refractivity contribution in [1.29, 1.82) is 5.26 Å². The average Bonchev–Trinajstić information content (AvgIpc) is 2.47. The van der Waals surface area contributed by atoms with Crippen LogP contribution in [-0.4, -0.2) is 7.11 Å². The number of benzene rings is 2. The van der Waals surface area contributed by atoms with Crippen molar-refractivity contribution >= 4 is 11.4 Å². The predicted molar refractivity (Wildman–Crippen MR) is 75.9 cm³/mol. The third kappa shape index (κ3) is 3.17. The first kappa shape index (κ1) is 12.8. The molecule has 96 valence electrons. The van der Waals surface area contributed by atoms with Crippen molar-refractivity contribution in [2.75, 3.05) is 18.2 Å². The first-order chi connectivity index (χ1) is 9.22. The minimum atomic E-state index is 0.642. The third-order valence-electron chi connectivity index (χ3n) is 2.83. The summed E-state index contributed by atoms with van der Waals surface area (Å²) in [7, 11) is 1.62. The molecular weight excluding hydrogens is 238 g/mol. The minimum Gasteiger partial charge on any atom is -0.497 e. The number of rotatable bonds is 4. The Kier molecular flexibility index (Phi) is 3.89. The van der Waals surface area contributed by atoms with E-state index in [9.17, 15) is 0 Å². The maximum absolute atomic E-state index is 8.73. The van der Waals surface area contributed by atoms with Gasteiger partial charge in [0.1, 0.15) is 5.75 Å². The second-order valence-corrected chi connectivity index (χ2v) is 4.12. The molecule has 4 heteroatoms. The summed E-state index contributed by atoms with van der Waals surface area (Å²) in [6, 6.07) is 15.0. The van der Waals surface area contributed by atoms with Crippen LogP contribution in [0.1, 0.15) is 11.1 Å². The van der Waals surface area contributed by atoms with E-state index in [-0.39, 0.29) is 0 Å². The molecule has 0 heterocycles. The number of nitrogens with two attached hydrogens (primary N) is 1. The summed E-state index contributed by atoms with van der Waals surface area (Å²) in [5.74, 6) is 0.761. The fraction of sp³-hybridized carbons (Fsp3) is 0.133. The average molecular weight is 253 g/mol. The Labute approximate surface area is 112 Å². The Morgan fingerprint density at radius 1 is 1.21 bits per heavy atom. The van der Waals surface area contributed by atoms with E-state index in [0.29, 0.717) is 17.8 Å². The first-order valence-corrected chi connectivity index (χ1v) is 5.89. The van der Waals surface area contributed by atoms with Gasteiger partial charge in [0, 0.05) is 12.6 Å². The number of nitrogens with zero attached hydrogens (tertiary/aromatic N) is 1. The molecule has 2 rings (SSSR count). The molecule has 0 saturated heterocycles. The summed E-state index contributed by atoms with van der Waals surface area (Å²) in [5.41, 5.74) is 9.15. The van der Waals surface area contributed by atoms with Crippen LogP contribution < -0.4 is 15.8 Å². The highest BCUT2D eigenvalue weighted by Crippen LogP contribution is 2.24. The molecule has 4 nitrogen and oxygen atoms in total. The summed E-state index contributed by atoms with van der Waals surface area (Å²) >= 11 is 0. The van der Waals surface area contributed by atoms with Gasteiger partial charge in [-0.1, -0.05) is 12.1 Å². The van der Waals surface area contributed by atoms with E-state index in [1.165, 1.54) is 0 Å². The van der Waals surface area contributed by atoms with E-state index in [1.807, 2.05) is 24.3 Å². The van der Waals surface area contributed by atoms with E-state index in [1.54, 1.807) is 25.3 Å². The molecule has 0 radical (unpaired) electrons. The maximum atomic E-state index is 8.73. The number of methoxy groups -OCH3 is 1. The Hall–Kier alpha value is -2.67. The maximum Gasteiger partial charge on any atom is 0.121 e. The van der Waals surface area contributed by atoms with Crippen molar-refractivity contribution in [1.82, 2.24) is 0 Å². The summed E-state index contributed by atoms with van der Waals surface area (Å²) in [5, 5.41) is 12.0. The van der Waals surface area contributed by atoms with Gasteiger partial charge in [-0.25, -0.2) is 0 Å². The van der Waals surface area contributed by atoms with Gasteiger partial charge in [0.05, 0.1) is 30.1 Å². The summed E-state index contributed by atoms with van der Waals surface area (Å²) in [6.45, 7) is 0.642. The van der Waals surface area contributed by atoms with Gasteiger partial charge >= 0.3 is 0 Å². The third-order valence-corrected chi connectivity index (χ3v) is 2.83. The number of nitrogens with one attached hydrogen (secondary N) is 1. The lowest BCUT2D eigenvalue weighted by Gasteiger charge is -2.11. The lowest BCUT2D eigenvalue weighted by Crippen LogP contribution is -2.02. The second kappa shape index (κ2) is 5.78. The van der Waals surface area contributed by atoms with Gasteiger partial charge in [0.15, 0.2) is 0 Å². The molecular formula is C15H15N3O. The Bertz CT molecular complexity index is 600. The van der Waals surface area contributed by atoms with Crippen molar-refractivity contribution in [2.24, 2.45) is 0 Å².